The van der Waals surface area contributed by atoms with Crippen molar-refractivity contribution in [2.24, 2.45) is 4.99 Å². The van der Waals surface area contributed by atoms with Gasteiger partial charge in [0.25, 0.3) is 0 Å². The standard InChI is InChI=1S/C23H17F4N3O3S/c1-3-11-29(14-16-7-5-4-6-8-16)20(31)28-21-30(13-15(2)34-21)17-9-10-18-19(12-17)33-23(26,27)22(24,25)32-18/h1,4-10,12-13H,11,14H2,2H3. The number of urea groups is 1. The summed E-state index contributed by atoms with van der Waals surface area (Å²) in [5, 5.41) is 0. The Labute approximate surface area is 195 Å². The molecule has 2 amide bonds. The second kappa shape index (κ2) is 8.87. The molecule has 0 bridgehead atoms. The van der Waals surface area contributed by atoms with E-state index in [1.54, 1.807) is 13.1 Å². The number of hydrogen-bond acceptors (Lipinski definition) is 4. The van der Waals surface area contributed by atoms with Crippen molar-refractivity contribution in [3.8, 4) is 29.5 Å². The number of terminal acetylenes is 1. The zero-order chi connectivity index (χ0) is 24.5. The van der Waals surface area contributed by atoms with Crippen LogP contribution >= 0.6 is 11.3 Å². The van der Waals surface area contributed by atoms with Crippen molar-refractivity contribution < 1.29 is 31.8 Å². The Kier molecular flexibility index (Phi) is 6.10. The monoisotopic (exact) mass is 491 g/mol. The molecule has 34 heavy (non-hydrogen) atoms. The average molecular weight is 491 g/mol. The molecule has 0 saturated heterocycles. The Morgan fingerprint density at radius 1 is 1.12 bits per heavy atom. The van der Waals surface area contributed by atoms with E-state index in [0.717, 1.165) is 22.6 Å². The summed E-state index contributed by atoms with van der Waals surface area (Å²) in [6.07, 6.45) is -2.61. The number of hydrogen-bond donors (Lipinski definition) is 0. The van der Waals surface area contributed by atoms with Crippen LogP contribution in [0.2, 0.25) is 0 Å². The zero-order valence-corrected chi connectivity index (χ0v) is 18.5. The number of aromatic nitrogens is 1. The summed E-state index contributed by atoms with van der Waals surface area (Å²) in [7, 11) is 0. The maximum Gasteiger partial charge on any atom is 0.507 e. The molecule has 3 aromatic rings. The number of fused-ring (bicyclic) bond motifs is 1. The third-order valence-corrected chi connectivity index (χ3v) is 5.65. The van der Waals surface area contributed by atoms with Crippen molar-refractivity contribution in [3.05, 3.63) is 70.0 Å². The molecular weight excluding hydrogens is 474 g/mol. The molecule has 0 saturated carbocycles. The zero-order valence-electron chi connectivity index (χ0n) is 17.7. The number of aryl methyl sites for hydroxylation is 1. The molecule has 0 radical (unpaired) electrons. The SMILES string of the molecule is C#CCN(Cc1ccccc1)C(=O)N=c1sc(C)cn1-c1ccc2c(c1)OC(F)(F)C(F)(F)O2. The lowest BCUT2D eigenvalue weighted by molar-refractivity contribution is -0.391. The first kappa shape index (κ1) is 23.4. The fourth-order valence-corrected chi connectivity index (χ4v) is 4.01. The minimum absolute atomic E-state index is 0.0227. The molecule has 1 aliphatic rings. The average Bonchev–Trinajstić information content (AvgIpc) is 3.14. The fraction of sp³-hybridized carbons (Fsp3) is 0.217. The van der Waals surface area contributed by atoms with Crippen LogP contribution in [0.25, 0.3) is 5.69 Å². The maximum atomic E-state index is 13.6. The molecular formula is C23H17F4N3O3S. The van der Waals surface area contributed by atoms with Gasteiger partial charge in [-0.15, -0.1) is 17.8 Å². The molecule has 11 heteroatoms. The summed E-state index contributed by atoms with van der Waals surface area (Å²) in [5.41, 5.74) is 1.12. The Hall–Kier alpha value is -3.78. The van der Waals surface area contributed by atoms with Crippen molar-refractivity contribution >= 4 is 17.4 Å². The van der Waals surface area contributed by atoms with Gasteiger partial charge in [0, 0.05) is 23.7 Å². The van der Waals surface area contributed by atoms with E-state index < -0.39 is 29.7 Å². The van der Waals surface area contributed by atoms with Crippen molar-refractivity contribution in [2.45, 2.75) is 25.7 Å². The molecule has 1 aliphatic heterocycles. The van der Waals surface area contributed by atoms with Crippen LogP contribution in [0.4, 0.5) is 22.4 Å². The lowest BCUT2D eigenvalue weighted by Gasteiger charge is -2.31. The highest BCUT2D eigenvalue weighted by Gasteiger charge is 2.65. The summed E-state index contributed by atoms with van der Waals surface area (Å²) in [4.78, 5) is 19.4. The van der Waals surface area contributed by atoms with Crippen LogP contribution in [-0.4, -0.2) is 34.3 Å². The van der Waals surface area contributed by atoms with Crippen LogP contribution in [0, 0.1) is 19.3 Å². The predicted molar refractivity (Wildman–Crippen MR) is 116 cm³/mol. The third-order valence-electron chi connectivity index (χ3n) is 4.75. The molecule has 2 aromatic carbocycles. The number of amides is 2. The van der Waals surface area contributed by atoms with E-state index in [9.17, 15) is 22.4 Å². The highest BCUT2D eigenvalue weighted by atomic mass is 32.1. The first-order valence-electron chi connectivity index (χ1n) is 9.88. The topological polar surface area (TPSA) is 56.1 Å². The van der Waals surface area contributed by atoms with Gasteiger partial charge < -0.3 is 14.4 Å². The Balaban J connectivity index is 1.68. The van der Waals surface area contributed by atoms with Gasteiger partial charge in [0.15, 0.2) is 16.3 Å². The molecule has 0 fully saturated rings. The normalized spacial score (nSPS) is 16.1. The minimum atomic E-state index is -4.84. The van der Waals surface area contributed by atoms with Gasteiger partial charge in [-0.1, -0.05) is 36.3 Å². The van der Waals surface area contributed by atoms with E-state index in [1.165, 1.54) is 26.9 Å². The molecule has 176 valence electrons. The van der Waals surface area contributed by atoms with Crippen LogP contribution in [0.1, 0.15) is 10.4 Å². The van der Waals surface area contributed by atoms with Crippen LogP contribution in [0.3, 0.4) is 0 Å². The molecule has 0 unspecified atom stereocenters. The number of alkyl halides is 4. The fourth-order valence-electron chi connectivity index (χ4n) is 3.18. The van der Waals surface area contributed by atoms with Crippen LogP contribution in [-0.2, 0) is 6.54 Å². The largest absolute Gasteiger partial charge is 0.507 e. The number of carbonyl (C=O) groups is 1. The van der Waals surface area contributed by atoms with Crippen molar-refractivity contribution in [1.29, 1.82) is 0 Å². The predicted octanol–water partition coefficient (Wildman–Crippen LogP) is 4.96. The molecule has 0 N–H and O–H groups in total. The molecule has 6 nitrogen and oxygen atoms in total. The number of nitrogens with zero attached hydrogens (tertiary/aromatic N) is 3. The van der Waals surface area contributed by atoms with E-state index in [1.807, 2.05) is 30.3 Å². The highest BCUT2D eigenvalue weighted by Crippen LogP contribution is 2.47. The molecule has 0 spiro atoms. The first-order valence-corrected chi connectivity index (χ1v) is 10.7. The lowest BCUT2D eigenvalue weighted by Crippen LogP contribution is -2.52. The number of rotatable bonds is 4. The smallest absolute Gasteiger partial charge is 0.421 e. The van der Waals surface area contributed by atoms with E-state index in [4.69, 9.17) is 6.42 Å². The second-order valence-electron chi connectivity index (χ2n) is 7.30. The number of halogens is 4. The number of ether oxygens (including phenoxy) is 2. The van der Waals surface area contributed by atoms with E-state index in [0.29, 0.717) is 0 Å². The van der Waals surface area contributed by atoms with Gasteiger partial charge in [0.05, 0.1) is 12.2 Å². The first-order chi connectivity index (χ1) is 16.1. The number of thiazole rings is 1. The number of benzene rings is 2. The summed E-state index contributed by atoms with van der Waals surface area (Å²) < 4.78 is 63.8. The van der Waals surface area contributed by atoms with Crippen molar-refractivity contribution in [1.82, 2.24) is 9.47 Å². The summed E-state index contributed by atoms with van der Waals surface area (Å²) in [6, 6.07) is 12.2. The molecule has 1 aromatic heterocycles. The highest BCUT2D eigenvalue weighted by molar-refractivity contribution is 7.09. The Morgan fingerprint density at radius 2 is 1.79 bits per heavy atom. The Morgan fingerprint density at radius 3 is 2.47 bits per heavy atom. The van der Waals surface area contributed by atoms with Crippen LogP contribution < -0.4 is 14.3 Å². The number of carbonyl (C=O) groups excluding carboxylic acids is 1. The molecule has 4 rings (SSSR count). The van der Waals surface area contributed by atoms with Crippen molar-refractivity contribution in [3.63, 3.8) is 0 Å². The molecule has 0 aliphatic carbocycles. The van der Waals surface area contributed by atoms with Gasteiger partial charge in [-0.3, -0.25) is 4.57 Å². The van der Waals surface area contributed by atoms with E-state index >= 15 is 0 Å². The summed E-state index contributed by atoms with van der Waals surface area (Å²) >= 11 is 1.17. The lowest BCUT2D eigenvalue weighted by atomic mass is 10.2. The third kappa shape index (κ3) is 4.63. The van der Waals surface area contributed by atoms with Gasteiger partial charge in [-0.2, -0.15) is 22.6 Å². The molecule has 0 atom stereocenters. The van der Waals surface area contributed by atoms with Gasteiger partial charge in [-0.05, 0) is 24.6 Å². The van der Waals surface area contributed by atoms with Gasteiger partial charge in [0.1, 0.15) is 0 Å². The van der Waals surface area contributed by atoms with Crippen molar-refractivity contribution in [2.75, 3.05) is 6.54 Å². The van der Waals surface area contributed by atoms with Crippen LogP contribution in [0.15, 0.2) is 59.7 Å². The van der Waals surface area contributed by atoms with Gasteiger partial charge in [0.2, 0.25) is 0 Å². The van der Waals surface area contributed by atoms with Gasteiger partial charge >= 0.3 is 18.2 Å². The quantitative estimate of drug-likeness (QED) is 0.383. The van der Waals surface area contributed by atoms with Gasteiger partial charge in [-0.25, -0.2) is 4.79 Å². The summed E-state index contributed by atoms with van der Waals surface area (Å²) in [6.45, 7) is 2.03. The second-order valence-corrected chi connectivity index (χ2v) is 8.52. The molecule has 2 heterocycles. The van der Waals surface area contributed by atoms with Crippen LogP contribution in [0.5, 0.6) is 11.5 Å². The Bertz CT molecular complexity index is 1330. The van der Waals surface area contributed by atoms with E-state index in [-0.39, 0.29) is 23.6 Å². The van der Waals surface area contributed by atoms with E-state index in [2.05, 4.69) is 20.4 Å². The maximum absolute atomic E-state index is 13.6. The summed E-state index contributed by atoms with van der Waals surface area (Å²) in [5.74, 6) is 1.33. The minimum Gasteiger partial charge on any atom is -0.421 e.